The zero-order valence-corrected chi connectivity index (χ0v) is 15.1. The fourth-order valence-corrected chi connectivity index (χ4v) is 2.94. The summed E-state index contributed by atoms with van der Waals surface area (Å²) < 4.78 is 0. The molecule has 0 radical (unpaired) electrons. The Hall–Kier alpha value is -3.00. The fourth-order valence-electron chi connectivity index (χ4n) is 2.59. The number of nitrogens with zero attached hydrogens (tertiary/aromatic N) is 4. The van der Waals surface area contributed by atoms with Gasteiger partial charge in [-0.3, -0.25) is 14.9 Å². The molecule has 0 unspecified atom stereocenters. The summed E-state index contributed by atoms with van der Waals surface area (Å²) in [6, 6.07) is 3.57. The van der Waals surface area contributed by atoms with Gasteiger partial charge in [0.25, 0.3) is 0 Å². The zero-order chi connectivity index (χ0) is 18.7. The van der Waals surface area contributed by atoms with Crippen LogP contribution in [0.3, 0.4) is 0 Å². The lowest BCUT2D eigenvalue weighted by molar-refractivity contribution is -0.117. The second-order valence-electron chi connectivity index (χ2n) is 6.28. The van der Waals surface area contributed by atoms with Gasteiger partial charge >= 0.3 is 0 Å². The maximum absolute atomic E-state index is 11.1. The first-order valence-corrected chi connectivity index (χ1v) is 8.27. The zero-order valence-electron chi connectivity index (χ0n) is 14.3. The summed E-state index contributed by atoms with van der Waals surface area (Å²) in [5, 5.41) is 10.5. The van der Waals surface area contributed by atoms with Crippen molar-refractivity contribution in [3.05, 3.63) is 53.3 Å². The quantitative estimate of drug-likeness (QED) is 0.611. The molecule has 0 saturated carbocycles. The number of halogens is 1. The molecule has 0 atom stereocenters. The Morgan fingerprint density at radius 1 is 1.27 bits per heavy atom. The number of rotatable bonds is 6. The van der Waals surface area contributed by atoms with E-state index in [4.69, 9.17) is 17.3 Å². The van der Waals surface area contributed by atoms with Crippen molar-refractivity contribution in [2.45, 2.75) is 25.8 Å². The number of nitrogens with two attached hydrogens (primary N) is 1. The van der Waals surface area contributed by atoms with E-state index in [1.807, 2.05) is 13.8 Å². The van der Waals surface area contributed by atoms with Crippen LogP contribution in [0.5, 0.6) is 0 Å². The lowest BCUT2D eigenvalue weighted by Crippen LogP contribution is -2.30. The molecule has 4 N–H and O–H groups in total. The summed E-state index contributed by atoms with van der Waals surface area (Å²) >= 11 is 6.24. The van der Waals surface area contributed by atoms with Crippen LogP contribution in [0.25, 0.3) is 11.1 Å². The first-order chi connectivity index (χ1) is 12.4. The first kappa shape index (κ1) is 17.8. The summed E-state index contributed by atoms with van der Waals surface area (Å²) in [5.74, 6) is -0.0101. The van der Waals surface area contributed by atoms with E-state index >= 15 is 0 Å². The molecule has 3 aromatic heterocycles. The van der Waals surface area contributed by atoms with Gasteiger partial charge in [-0.05, 0) is 26.0 Å². The van der Waals surface area contributed by atoms with Crippen LogP contribution >= 0.6 is 11.6 Å². The van der Waals surface area contributed by atoms with Crippen LogP contribution in [0.4, 0.5) is 5.95 Å². The van der Waals surface area contributed by atoms with E-state index in [0.29, 0.717) is 22.4 Å². The average Bonchev–Trinajstić information content (AvgIpc) is 3.03. The molecule has 0 aliphatic heterocycles. The molecule has 0 saturated heterocycles. The van der Waals surface area contributed by atoms with Gasteiger partial charge in [-0.15, -0.1) is 0 Å². The molecular weight excluding hydrogens is 354 g/mol. The van der Waals surface area contributed by atoms with E-state index in [1.165, 1.54) is 0 Å². The van der Waals surface area contributed by atoms with Crippen LogP contribution in [0.15, 0.2) is 36.9 Å². The number of carbonyl (C=O) groups is 1. The number of carbonyl (C=O) groups excluding carboxylic acids is 1. The van der Waals surface area contributed by atoms with Crippen molar-refractivity contribution in [2.24, 2.45) is 5.73 Å². The predicted molar refractivity (Wildman–Crippen MR) is 98.4 cm³/mol. The van der Waals surface area contributed by atoms with Crippen molar-refractivity contribution in [1.82, 2.24) is 25.1 Å². The van der Waals surface area contributed by atoms with Crippen molar-refractivity contribution >= 4 is 23.5 Å². The molecule has 0 fully saturated rings. The van der Waals surface area contributed by atoms with E-state index in [1.54, 1.807) is 36.9 Å². The van der Waals surface area contributed by atoms with Crippen molar-refractivity contribution in [1.29, 1.82) is 0 Å². The number of primary amides is 1. The van der Waals surface area contributed by atoms with Crippen LogP contribution in [-0.4, -0.2) is 31.1 Å². The molecule has 0 aliphatic rings. The molecule has 134 valence electrons. The molecule has 8 nitrogen and oxygen atoms in total. The van der Waals surface area contributed by atoms with Gasteiger partial charge in [0.2, 0.25) is 11.9 Å². The van der Waals surface area contributed by atoms with Crippen LogP contribution < -0.4 is 11.1 Å². The number of H-pyrrole nitrogens is 1. The largest absolute Gasteiger partial charge is 0.369 e. The molecule has 3 heterocycles. The summed E-state index contributed by atoms with van der Waals surface area (Å²) in [5.41, 5.74) is 7.48. The number of hydrogen-bond acceptors (Lipinski definition) is 6. The smallest absolute Gasteiger partial charge is 0.223 e. The lowest BCUT2D eigenvalue weighted by Gasteiger charge is -2.26. The summed E-state index contributed by atoms with van der Waals surface area (Å²) in [6.45, 7) is 3.89. The van der Waals surface area contributed by atoms with Crippen molar-refractivity contribution < 1.29 is 4.79 Å². The van der Waals surface area contributed by atoms with Gasteiger partial charge in [-0.25, -0.2) is 9.97 Å². The molecule has 3 aromatic rings. The van der Waals surface area contributed by atoms with Crippen LogP contribution in [0.1, 0.15) is 25.2 Å². The number of aromatic nitrogens is 5. The van der Waals surface area contributed by atoms with Gasteiger partial charge < -0.3 is 11.1 Å². The fraction of sp³-hybridized carbons (Fsp3) is 0.235. The van der Waals surface area contributed by atoms with Gasteiger partial charge in [0.1, 0.15) is 0 Å². The second-order valence-corrected chi connectivity index (χ2v) is 6.69. The third-order valence-corrected chi connectivity index (χ3v) is 4.11. The Kier molecular flexibility index (Phi) is 4.85. The molecule has 1 amide bonds. The van der Waals surface area contributed by atoms with E-state index in [-0.39, 0.29) is 6.42 Å². The Bertz CT molecular complexity index is 921. The van der Waals surface area contributed by atoms with Gasteiger partial charge in [-0.1, -0.05) is 11.6 Å². The van der Waals surface area contributed by atoms with Gasteiger partial charge in [0, 0.05) is 29.7 Å². The first-order valence-electron chi connectivity index (χ1n) is 7.89. The average molecular weight is 372 g/mol. The number of hydrogen-bond donors (Lipinski definition) is 3. The van der Waals surface area contributed by atoms with Crippen molar-refractivity contribution in [3.8, 4) is 11.1 Å². The van der Waals surface area contributed by atoms with E-state index in [9.17, 15) is 4.79 Å². The van der Waals surface area contributed by atoms with Crippen LogP contribution in [-0.2, 0) is 16.8 Å². The van der Waals surface area contributed by atoms with Crippen LogP contribution in [0.2, 0.25) is 5.02 Å². The van der Waals surface area contributed by atoms with Crippen LogP contribution in [0, 0.1) is 0 Å². The lowest BCUT2D eigenvalue weighted by atomic mass is 10.00. The molecule has 0 aromatic carbocycles. The Morgan fingerprint density at radius 2 is 2.00 bits per heavy atom. The summed E-state index contributed by atoms with van der Waals surface area (Å²) in [7, 11) is 0. The number of nitrogens with one attached hydrogen (secondary N) is 2. The maximum Gasteiger partial charge on any atom is 0.223 e. The standard InChI is InChI=1S/C17H18ClN7O/c1-17(2,15-12(18)4-3-5-20-15)24-16-21-7-10(8-22-16)11-9-23-25-13(11)6-14(19)26/h3-5,7-9H,6H2,1-2H3,(H2,19,26)(H,23,25)(H,21,22,24). The number of pyridine rings is 1. The highest BCUT2D eigenvalue weighted by atomic mass is 35.5. The van der Waals surface area contributed by atoms with Gasteiger partial charge in [0.15, 0.2) is 0 Å². The van der Waals surface area contributed by atoms with Crippen molar-refractivity contribution in [2.75, 3.05) is 5.32 Å². The molecule has 0 bridgehead atoms. The summed E-state index contributed by atoms with van der Waals surface area (Å²) in [4.78, 5) is 24.2. The highest BCUT2D eigenvalue weighted by molar-refractivity contribution is 6.31. The molecule has 0 spiro atoms. The Labute approximate surface area is 155 Å². The van der Waals surface area contributed by atoms with E-state index in [0.717, 1.165) is 11.1 Å². The highest BCUT2D eigenvalue weighted by Crippen LogP contribution is 2.28. The molecular formula is C17H18ClN7O. The highest BCUT2D eigenvalue weighted by Gasteiger charge is 2.25. The second kappa shape index (κ2) is 7.09. The number of anilines is 1. The molecule has 9 heteroatoms. The minimum Gasteiger partial charge on any atom is -0.369 e. The minimum atomic E-state index is -0.563. The minimum absolute atomic E-state index is 0.0700. The number of aromatic amines is 1. The third kappa shape index (κ3) is 3.80. The number of amides is 1. The van der Waals surface area contributed by atoms with E-state index < -0.39 is 11.4 Å². The Morgan fingerprint density at radius 3 is 2.65 bits per heavy atom. The molecule has 0 aliphatic carbocycles. The molecule has 3 rings (SSSR count). The van der Waals surface area contributed by atoms with Gasteiger partial charge in [0.05, 0.1) is 34.6 Å². The third-order valence-electron chi connectivity index (χ3n) is 3.81. The maximum atomic E-state index is 11.1. The normalized spacial score (nSPS) is 11.3. The van der Waals surface area contributed by atoms with Gasteiger partial charge in [-0.2, -0.15) is 5.10 Å². The van der Waals surface area contributed by atoms with E-state index in [2.05, 4.69) is 30.5 Å². The topological polar surface area (TPSA) is 122 Å². The summed E-state index contributed by atoms with van der Waals surface area (Å²) in [6.07, 6.45) is 6.68. The predicted octanol–water partition coefficient (Wildman–Crippen LogP) is 2.29. The monoisotopic (exact) mass is 371 g/mol. The van der Waals surface area contributed by atoms with Crippen molar-refractivity contribution in [3.63, 3.8) is 0 Å². The Balaban J connectivity index is 1.81. The molecule has 26 heavy (non-hydrogen) atoms. The SMILES string of the molecule is CC(C)(Nc1ncc(-c2cn[nH]c2CC(N)=O)cn1)c1ncccc1Cl.